The van der Waals surface area contributed by atoms with Crippen LogP contribution in [0.5, 0.6) is 0 Å². The second-order valence-corrected chi connectivity index (χ2v) is 4.39. The smallest absolute Gasteiger partial charge is 0.130 e. The maximum Gasteiger partial charge on any atom is 0.130 e. The zero-order chi connectivity index (χ0) is 7.65. The van der Waals surface area contributed by atoms with E-state index in [2.05, 4.69) is 53.2 Å². The molecular weight excluding hydrogens is 150 g/mol. The quantitative estimate of drug-likeness (QED) is 0.348. The summed E-state index contributed by atoms with van der Waals surface area (Å²) in [5, 5.41) is 0.690. The molecule has 1 nitrogen and oxygen atoms in total. The second-order valence-electron chi connectivity index (χ2n) is 2.89. The number of nitrogens with zero attached hydrogens (tertiary/aromatic N) is 1. The van der Waals surface area contributed by atoms with Crippen molar-refractivity contribution in [2.75, 3.05) is 14.1 Å². The zero-order valence-corrected chi connectivity index (χ0v) is 8.29. The molecule has 0 aromatic heterocycles. The highest BCUT2D eigenvalue weighted by atomic mass is 32.1. The highest BCUT2D eigenvalue weighted by Crippen LogP contribution is 2.17. The summed E-state index contributed by atoms with van der Waals surface area (Å²) in [5.41, 5.74) is 0. The predicted molar refractivity (Wildman–Crippen MR) is 49.0 cm³/mol. The fourth-order valence-electron chi connectivity index (χ4n) is 0.312. The first-order valence-electron chi connectivity index (χ1n) is 3.08. The van der Waals surface area contributed by atoms with Crippen molar-refractivity contribution in [3.05, 3.63) is 0 Å². The molecule has 0 aliphatic carbocycles. The molecule has 2 unspecified atom stereocenters. The van der Waals surface area contributed by atoms with Gasteiger partial charge in [0, 0.05) is 0 Å². The van der Waals surface area contributed by atoms with E-state index in [9.17, 15) is 0 Å². The van der Waals surface area contributed by atoms with Gasteiger partial charge in [-0.3, -0.25) is 0 Å². The molecule has 0 fully saturated rings. The van der Waals surface area contributed by atoms with E-state index >= 15 is 0 Å². The lowest BCUT2D eigenvalue weighted by molar-refractivity contribution is -0.905. The largest absolute Gasteiger partial charge is 0.307 e. The molecule has 0 heterocycles. The van der Waals surface area contributed by atoms with Crippen molar-refractivity contribution in [2.24, 2.45) is 0 Å². The maximum atomic E-state index is 4.34. The molecule has 0 saturated carbocycles. The average Bonchev–Trinajstić information content (AvgIpc) is 1.65. The Morgan fingerprint density at radius 3 is 1.22 bits per heavy atom. The third kappa shape index (κ3) is 2.40. The summed E-state index contributed by atoms with van der Waals surface area (Å²) in [6.07, 6.45) is 0. The fraction of sp³-hybridized carbons (Fsp3) is 1.00. The van der Waals surface area contributed by atoms with Crippen molar-refractivity contribution in [3.63, 3.8) is 0 Å². The Hall–Kier alpha value is 0.660. The SMILES string of the molecule is CC(S)[N+](C)(C)C(C)S. The standard InChI is InChI=1S/C6H15NS2/c1-5(8)7(3,4)6(2)9/h5-6H,1-4H3,(H-,8,9)/p+1. The number of quaternary nitrogens is 1. The van der Waals surface area contributed by atoms with Crippen LogP contribution in [0.2, 0.25) is 0 Å². The first-order valence-corrected chi connectivity index (χ1v) is 4.11. The molecule has 0 aromatic carbocycles. The number of hydrogen-bond acceptors (Lipinski definition) is 2. The third-order valence-corrected chi connectivity index (χ3v) is 3.12. The third-order valence-electron chi connectivity index (χ3n) is 1.93. The number of hydrogen-bond donors (Lipinski definition) is 2. The molecule has 0 saturated heterocycles. The van der Waals surface area contributed by atoms with E-state index in [4.69, 9.17) is 0 Å². The monoisotopic (exact) mass is 166 g/mol. The van der Waals surface area contributed by atoms with E-state index in [0.717, 1.165) is 4.48 Å². The molecule has 9 heavy (non-hydrogen) atoms. The Labute approximate surface area is 68.8 Å². The van der Waals surface area contributed by atoms with Gasteiger partial charge in [0.2, 0.25) is 0 Å². The van der Waals surface area contributed by atoms with E-state index in [0.29, 0.717) is 10.7 Å². The van der Waals surface area contributed by atoms with Crippen LogP contribution in [0.3, 0.4) is 0 Å². The van der Waals surface area contributed by atoms with Gasteiger partial charge in [-0.15, -0.1) is 25.3 Å². The van der Waals surface area contributed by atoms with Crippen LogP contribution in [0, 0.1) is 0 Å². The highest BCUT2D eigenvalue weighted by Gasteiger charge is 2.24. The molecular formula is C6H16NS2+. The van der Waals surface area contributed by atoms with Gasteiger partial charge >= 0.3 is 0 Å². The van der Waals surface area contributed by atoms with Gasteiger partial charge in [-0.05, 0) is 13.8 Å². The molecule has 0 aliphatic rings. The normalized spacial score (nSPS) is 19.3. The minimum absolute atomic E-state index is 0.345. The molecule has 0 aromatic rings. The summed E-state index contributed by atoms with van der Waals surface area (Å²) in [7, 11) is 4.24. The summed E-state index contributed by atoms with van der Waals surface area (Å²) in [6, 6.07) is 0. The van der Waals surface area contributed by atoms with Crippen molar-refractivity contribution in [1.82, 2.24) is 0 Å². The zero-order valence-electron chi connectivity index (χ0n) is 6.50. The Kier molecular flexibility index (Phi) is 3.40. The van der Waals surface area contributed by atoms with Crippen LogP contribution in [0.15, 0.2) is 0 Å². The summed E-state index contributed by atoms with van der Waals surface area (Å²) >= 11 is 8.68. The minimum Gasteiger partial charge on any atom is -0.307 e. The first-order chi connectivity index (χ1) is 3.89. The summed E-state index contributed by atoms with van der Waals surface area (Å²) in [4.78, 5) is 0. The molecule has 0 bridgehead atoms. The Bertz CT molecular complexity index is 79.1. The van der Waals surface area contributed by atoms with Crippen molar-refractivity contribution in [2.45, 2.75) is 24.6 Å². The Morgan fingerprint density at radius 1 is 1.00 bits per heavy atom. The maximum absolute atomic E-state index is 4.34. The number of thiol groups is 2. The van der Waals surface area contributed by atoms with Gasteiger partial charge in [-0.1, -0.05) is 0 Å². The lowest BCUT2D eigenvalue weighted by Gasteiger charge is -2.36. The lowest BCUT2D eigenvalue weighted by atomic mass is 10.4. The van der Waals surface area contributed by atoms with Crippen molar-refractivity contribution in [3.8, 4) is 0 Å². The van der Waals surface area contributed by atoms with Gasteiger partial charge in [0.1, 0.15) is 10.7 Å². The van der Waals surface area contributed by atoms with Crippen molar-refractivity contribution in [1.29, 1.82) is 0 Å². The van der Waals surface area contributed by atoms with Gasteiger partial charge in [0.25, 0.3) is 0 Å². The molecule has 0 radical (unpaired) electrons. The van der Waals surface area contributed by atoms with E-state index in [1.54, 1.807) is 0 Å². The molecule has 0 aliphatic heterocycles. The molecule has 3 heteroatoms. The fourth-order valence-corrected chi connectivity index (χ4v) is 0.817. The van der Waals surface area contributed by atoms with Gasteiger partial charge in [-0.25, -0.2) is 0 Å². The molecule has 0 N–H and O–H groups in total. The minimum atomic E-state index is 0.345. The summed E-state index contributed by atoms with van der Waals surface area (Å²) < 4.78 is 0.840. The lowest BCUT2D eigenvalue weighted by Crippen LogP contribution is -2.48. The van der Waals surface area contributed by atoms with Gasteiger partial charge in [-0.2, -0.15) is 0 Å². The Balaban J connectivity index is 4.01. The van der Waals surface area contributed by atoms with Gasteiger partial charge in [0.15, 0.2) is 0 Å². The molecule has 0 spiro atoms. The van der Waals surface area contributed by atoms with Crippen LogP contribution in [0.25, 0.3) is 0 Å². The van der Waals surface area contributed by atoms with E-state index < -0.39 is 0 Å². The number of rotatable bonds is 2. The van der Waals surface area contributed by atoms with Crippen LogP contribution in [0.1, 0.15) is 13.8 Å². The summed E-state index contributed by atoms with van der Waals surface area (Å²) in [5.74, 6) is 0. The van der Waals surface area contributed by atoms with Crippen LogP contribution in [-0.2, 0) is 0 Å². The van der Waals surface area contributed by atoms with Gasteiger partial charge < -0.3 is 4.48 Å². The molecule has 2 atom stereocenters. The van der Waals surface area contributed by atoms with Crippen LogP contribution in [0.4, 0.5) is 0 Å². The predicted octanol–water partition coefficient (Wildman–Crippen LogP) is 1.61. The molecule has 0 rings (SSSR count). The molecule has 56 valence electrons. The highest BCUT2D eigenvalue weighted by molar-refractivity contribution is 7.81. The van der Waals surface area contributed by atoms with E-state index in [1.807, 2.05) is 0 Å². The van der Waals surface area contributed by atoms with E-state index in [-0.39, 0.29) is 0 Å². The van der Waals surface area contributed by atoms with Crippen molar-refractivity contribution < 1.29 is 4.48 Å². The van der Waals surface area contributed by atoms with Crippen LogP contribution < -0.4 is 0 Å². The van der Waals surface area contributed by atoms with Gasteiger partial charge in [0.05, 0.1) is 14.1 Å². The van der Waals surface area contributed by atoms with Crippen LogP contribution in [-0.4, -0.2) is 29.3 Å². The Morgan fingerprint density at radius 2 is 1.22 bits per heavy atom. The van der Waals surface area contributed by atoms with E-state index in [1.165, 1.54) is 0 Å². The van der Waals surface area contributed by atoms with Crippen molar-refractivity contribution >= 4 is 25.3 Å². The molecule has 0 amide bonds. The topological polar surface area (TPSA) is 0 Å². The first kappa shape index (κ1) is 9.66. The summed E-state index contributed by atoms with van der Waals surface area (Å²) in [6.45, 7) is 4.16. The van der Waals surface area contributed by atoms with Crippen LogP contribution >= 0.6 is 25.3 Å². The second kappa shape index (κ2) is 3.17. The average molecular weight is 166 g/mol.